The molecule has 0 unspecified atom stereocenters. The number of anilines is 1. The van der Waals surface area contributed by atoms with Crippen molar-refractivity contribution in [2.75, 3.05) is 11.9 Å². The van der Waals surface area contributed by atoms with E-state index in [-0.39, 0.29) is 5.91 Å². The number of hydrogen-bond acceptors (Lipinski definition) is 2. The molecule has 0 spiro atoms. The summed E-state index contributed by atoms with van der Waals surface area (Å²) < 4.78 is 5.74. The zero-order chi connectivity index (χ0) is 16.2. The molecule has 0 aliphatic carbocycles. The van der Waals surface area contributed by atoms with E-state index in [4.69, 9.17) is 4.74 Å². The maximum absolute atomic E-state index is 11.5. The summed E-state index contributed by atoms with van der Waals surface area (Å²) in [6, 6.07) is 12.2. The predicted octanol–water partition coefficient (Wildman–Crippen LogP) is 4.22. The lowest BCUT2D eigenvalue weighted by Crippen LogP contribution is -2.07. The van der Waals surface area contributed by atoms with Gasteiger partial charge in [0.1, 0.15) is 5.75 Å². The lowest BCUT2D eigenvalue weighted by atomic mass is 10.0. The van der Waals surface area contributed by atoms with Gasteiger partial charge in [-0.3, -0.25) is 4.79 Å². The molecule has 0 aromatic heterocycles. The normalized spacial score (nSPS) is 12.7. The molecule has 1 amide bonds. The third-order valence-electron chi connectivity index (χ3n) is 3.80. The molecule has 3 rings (SSSR count). The average Bonchev–Trinajstić information content (AvgIpc) is 3.02. The Hall–Kier alpha value is -2.81. The predicted molar refractivity (Wildman–Crippen MR) is 94.6 cm³/mol. The first-order valence-electron chi connectivity index (χ1n) is 7.63. The first-order chi connectivity index (χ1) is 11.2. The fourth-order valence-electron chi connectivity index (χ4n) is 2.59. The number of fused-ring (bicyclic) bond motifs is 1. The molecule has 3 heteroatoms. The highest BCUT2D eigenvalue weighted by atomic mass is 16.5. The van der Waals surface area contributed by atoms with Crippen LogP contribution in [-0.2, 0) is 11.2 Å². The van der Waals surface area contributed by atoms with Gasteiger partial charge in [-0.05, 0) is 30.7 Å². The van der Waals surface area contributed by atoms with Crippen LogP contribution in [0.25, 0.3) is 12.2 Å². The molecule has 0 bridgehead atoms. The van der Waals surface area contributed by atoms with Gasteiger partial charge in [0.05, 0.1) is 6.61 Å². The monoisotopic (exact) mass is 305 g/mol. The highest BCUT2D eigenvalue weighted by Gasteiger charge is 2.17. The lowest BCUT2D eigenvalue weighted by Gasteiger charge is -2.09. The minimum atomic E-state index is -0.211. The van der Waals surface area contributed by atoms with Crippen LogP contribution in [0.15, 0.2) is 49.1 Å². The lowest BCUT2D eigenvalue weighted by molar-refractivity contribution is -0.111. The second kappa shape index (κ2) is 6.53. The highest BCUT2D eigenvalue weighted by Crippen LogP contribution is 2.34. The number of carbonyl (C=O) groups excluding carboxylic acids is 1. The third kappa shape index (κ3) is 3.51. The molecule has 2 aromatic rings. The Labute approximate surface area is 136 Å². The van der Waals surface area contributed by atoms with Crippen LogP contribution in [0, 0.1) is 6.92 Å². The molecule has 0 saturated heterocycles. The van der Waals surface area contributed by atoms with Gasteiger partial charge in [-0.2, -0.15) is 0 Å². The number of rotatable bonds is 4. The Morgan fingerprint density at radius 3 is 2.74 bits per heavy atom. The summed E-state index contributed by atoms with van der Waals surface area (Å²) in [7, 11) is 0. The Morgan fingerprint density at radius 1 is 1.22 bits per heavy atom. The number of benzene rings is 2. The summed E-state index contributed by atoms with van der Waals surface area (Å²) in [5.41, 5.74) is 5.22. The van der Waals surface area contributed by atoms with Crippen molar-refractivity contribution in [1.82, 2.24) is 0 Å². The number of amides is 1. The van der Waals surface area contributed by atoms with Gasteiger partial charge in [-0.25, -0.2) is 0 Å². The fraction of sp³-hybridized carbons (Fsp3) is 0.150. The van der Waals surface area contributed by atoms with E-state index in [0.717, 1.165) is 34.5 Å². The van der Waals surface area contributed by atoms with Crippen molar-refractivity contribution in [2.45, 2.75) is 13.3 Å². The molecule has 0 radical (unpaired) electrons. The van der Waals surface area contributed by atoms with Gasteiger partial charge in [-0.1, -0.05) is 48.6 Å². The zero-order valence-electron chi connectivity index (χ0n) is 13.1. The van der Waals surface area contributed by atoms with E-state index < -0.39 is 0 Å². The van der Waals surface area contributed by atoms with Crippen molar-refractivity contribution in [3.63, 3.8) is 0 Å². The van der Waals surface area contributed by atoms with Crippen LogP contribution in [0.4, 0.5) is 5.69 Å². The van der Waals surface area contributed by atoms with Gasteiger partial charge in [0, 0.05) is 23.2 Å². The van der Waals surface area contributed by atoms with Crippen LogP contribution in [0.1, 0.15) is 22.3 Å². The largest absolute Gasteiger partial charge is 0.492 e. The van der Waals surface area contributed by atoms with Crippen molar-refractivity contribution < 1.29 is 9.53 Å². The molecule has 1 N–H and O–H groups in total. The van der Waals surface area contributed by atoms with E-state index in [1.165, 1.54) is 11.6 Å². The van der Waals surface area contributed by atoms with Crippen molar-refractivity contribution in [1.29, 1.82) is 0 Å². The summed E-state index contributed by atoms with van der Waals surface area (Å²) in [6.45, 7) is 6.23. The SMILES string of the molecule is C=CC(=O)Nc1cc(/C=C/c2ccc(C)cc2)c2c(c1)CCO2. The maximum Gasteiger partial charge on any atom is 0.247 e. The summed E-state index contributed by atoms with van der Waals surface area (Å²) in [5.74, 6) is 0.697. The summed E-state index contributed by atoms with van der Waals surface area (Å²) >= 11 is 0. The minimum Gasteiger partial charge on any atom is -0.492 e. The first-order valence-corrected chi connectivity index (χ1v) is 7.63. The fourth-order valence-corrected chi connectivity index (χ4v) is 2.59. The van der Waals surface area contributed by atoms with E-state index in [9.17, 15) is 4.79 Å². The van der Waals surface area contributed by atoms with Crippen molar-refractivity contribution in [3.05, 3.63) is 71.3 Å². The van der Waals surface area contributed by atoms with Gasteiger partial charge in [-0.15, -0.1) is 0 Å². The number of carbonyl (C=O) groups is 1. The molecule has 116 valence electrons. The Morgan fingerprint density at radius 2 is 2.00 bits per heavy atom. The quantitative estimate of drug-likeness (QED) is 0.678. The molecule has 1 heterocycles. The van der Waals surface area contributed by atoms with Crippen LogP contribution in [-0.4, -0.2) is 12.5 Å². The Bertz CT molecular complexity index is 773. The number of hydrogen-bond donors (Lipinski definition) is 1. The van der Waals surface area contributed by atoms with Crippen molar-refractivity contribution in [3.8, 4) is 5.75 Å². The van der Waals surface area contributed by atoms with E-state index >= 15 is 0 Å². The molecular formula is C20H19NO2. The zero-order valence-corrected chi connectivity index (χ0v) is 13.1. The second-order valence-electron chi connectivity index (χ2n) is 5.59. The number of ether oxygens (including phenoxy) is 1. The van der Waals surface area contributed by atoms with Crippen molar-refractivity contribution >= 4 is 23.7 Å². The van der Waals surface area contributed by atoms with E-state index in [1.807, 2.05) is 18.2 Å². The standard InChI is InChI=1S/C20H19NO2/c1-3-19(22)21-18-12-16(20-17(13-18)10-11-23-20)9-8-15-6-4-14(2)5-7-15/h3-9,12-13H,1,10-11H2,2H3,(H,21,22)/b9-8+. The molecule has 3 nitrogen and oxygen atoms in total. The molecule has 0 atom stereocenters. The molecule has 0 saturated carbocycles. The van der Waals surface area contributed by atoms with Gasteiger partial charge in [0.15, 0.2) is 0 Å². The molecule has 2 aromatic carbocycles. The molecule has 1 aliphatic heterocycles. The Balaban J connectivity index is 1.92. The van der Waals surface area contributed by atoms with Crippen LogP contribution in [0.5, 0.6) is 5.75 Å². The molecule has 1 aliphatic rings. The molecule has 23 heavy (non-hydrogen) atoms. The summed E-state index contributed by atoms with van der Waals surface area (Å²) in [4.78, 5) is 11.5. The number of aryl methyl sites for hydroxylation is 1. The van der Waals surface area contributed by atoms with E-state index in [0.29, 0.717) is 6.61 Å². The topological polar surface area (TPSA) is 38.3 Å². The highest BCUT2D eigenvalue weighted by molar-refractivity contribution is 5.99. The van der Waals surface area contributed by atoms with Gasteiger partial charge in [0.2, 0.25) is 5.91 Å². The first kappa shape index (κ1) is 15.1. The maximum atomic E-state index is 11.5. The molecular weight excluding hydrogens is 286 g/mol. The summed E-state index contributed by atoms with van der Waals surface area (Å²) in [6.07, 6.45) is 6.21. The van der Waals surface area contributed by atoms with Gasteiger partial charge in [0.25, 0.3) is 0 Å². The van der Waals surface area contributed by atoms with Crippen LogP contribution >= 0.6 is 0 Å². The number of nitrogens with one attached hydrogen (secondary N) is 1. The smallest absolute Gasteiger partial charge is 0.247 e. The second-order valence-corrected chi connectivity index (χ2v) is 5.59. The molecule has 0 fully saturated rings. The van der Waals surface area contributed by atoms with Crippen LogP contribution in [0.3, 0.4) is 0 Å². The Kier molecular flexibility index (Phi) is 4.29. The van der Waals surface area contributed by atoms with Gasteiger partial charge >= 0.3 is 0 Å². The summed E-state index contributed by atoms with van der Waals surface area (Å²) in [5, 5.41) is 2.82. The minimum absolute atomic E-state index is 0.211. The van der Waals surface area contributed by atoms with E-state index in [1.54, 1.807) is 0 Å². The third-order valence-corrected chi connectivity index (χ3v) is 3.80. The van der Waals surface area contributed by atoms with Gasteiger partial charge < -0.3 is 10.1 Å². The van der Waals surface area contributed by atoms with Crippen molar-refractivity contribution in [2.24, 2.45) is 0 Å². The van der Waals surface area contributed by atoms with Crippen LogP contribution < -0.4 is 10.1 Å². The van der Waals surface area contributed by atoms with Crippen LogP contribution in [0.2, 0.25) is 0 Å². The van der Waals surface area contributed by atoms with E-state index in [2.05, 4.69) is 49.2 Å². The average molecular weight is 305 g/mol.